The zero-order valence-electron chi connectivity index (χ0n) is 13.4. The molecule has 6 nitrogen and oxygen atoms in total. The Morgan fingerprint density at radius 1 is 0.955 bits per heavy atom. The number of nitrogens with zero attached hydrogens (tertiary/aromatic N) is 2. The molecule has 0 saturated carbocycles. The van der Waals surface area contributed by atoms with Crippen molar-refractivity contribution in [1.82, 2.24) is 20.4 Å². The molecule has 0 radical (unpaired) electrons. The van der Waals surface area contributed by atoms with E-state index in [4.69, 9.17) is 0 Å². The van der Waals surface area contributed by atoms with Crippen LogP contribution in [0.15, 0.2) is 0 Å². The van der Waals surface area contributed by atoms with E-state index in [2.05, 4.69) is 10.6 Å². The molecule has 2 N–H and O–H groups in total. The van der Waals surface area contributed by atoms with Crippen LogP contribution >= 0.6 is 0 Å². The van der Waals surface area contributed by atoms with Crippen LogP contribution in [0.5, 0.6) is 0 Å². The standard InChI is InChI=1S/C16H28N4O2/c21-15(18-12-14-4-3-7-17-14)13-5-10-20(11-6-13)16(22)19-8-1-2-9-19/h13-14,17H,1-12H2,(H,18,21). The maximum atomic E-state index is 12.3. The topological polar surface area (TPSA) is 64.7 Å². The molecule has 0 bridgehead atoms. The summed E-state index contributed by atoms with van der Waals surface area (Å²) in [7, 11) is 0. The molecular weight excluding hydrogens is 280 g/mol. The molecule has 1 unspecified atom stereocenters. The third-order valence-electron chi connectivity index (χ3n) is 5.20. The fourth-order valence-electron chi connectivity index (χ4n) is 3.74. The normalized spacial score (nSPS) is 26.5. The third kappa shape index (κ3) is 3.72. The van der Waals surface area contributed by atoms with Gasteiger partial charge in [-0.3, -0.25) is 4.79 Å². The lowest BCUT2D eigenvalue weighted by molar-refractivity contribution is -0.126. The van der Waals surface area contributed by atoms with Crippen molar-refractivity contribution in [2.24, 2.45) is 5.92 Å². The summed E-state index contributed by atoms with van der Waals surface area (Å²) in [6.07, 6.45) is 6.20. The molecule has 1 atom stereocenters. The van der Waals surface area contributed by atoms with Gasteiger partial charge < -0.3 is 20.4 Å². The first-order chi connectivity index (χ1) is 10.7. The molecule has 0 aromatic carbocycles. The Morgan fingerprint density at radius 2 is 1.64 bits per heavy atom. The van der Waals surface area contributed by atoms with E-state index in [1.807, 2.05) is 9.80 Å². The summed E-state index contributed by atoms with van der Waals surface area (Å²) in [6.45, 7) is 5.04. The van der Waals surface area contributed by atoms with Crippen LogP contribution in [0.3, 0.4) is 0 Å². The van der Waals surface area contributed by atoms with Crippen molar-refractivity contribution in [1.29, 1.82) is 0 Å². The van der Waals surface area contributed by atoms with Crippen LogP contribution in [0.1, 0.15) is 38.5 Å². The number of rotatable bonds is 3. The Bertz CT molecular complexity index is 395. The van der Waals surface area contributed by atoms with Gasteiger partial charge in [0.2, 0.25) is 5.91 Å². The minimum Gasteiger partial charge on any atom is -0.354 e. The molecule has 3 fully saturated rings. The fraction of sp³-hybridized carbons (Fsp3) is 0.875. The quantitative estimate of drug-likeness (QED) is 0.810. The van der Waals surface area contributed by atoms with Crippen molar-refractivity contribution in [2.75, 3.05) is 39.3 Å². The van der Waals surface area contributed by atoms with Crippen LogP contribution in [0.25, 0.3) is 0 Å². The van der Waals surface area contributed by atoms with Crippen LogP contribution in [0.2, 0.25) is 0 Å². The smallest absolute Gasteiger partial charge is 0.319 e. The zero-order valence-corrected chi connectivity index (χ0v) is 13.4. The Hall–Kier alpha value is -1.30. The predicted molar refractivity (Wildman–Crippen MR) is 84.5 cm³/mol. The molecule has 22 heavy (non-hydrogen) atoms. The molecule has 3 rings (SSSR count). The Kier molecular flexibility index (Phi) is 5.18. The van der Waals surface area contributed by atoms with Gasteiger partial charge in [0, 0.05) is 44.7 Å². The largest absolute Gasteiger partial charge is 0.354 e. The van der Waals surface area contributed by atoms with E-state index >= 15 is 0 Å². The van der Waals surface area contributed by atoms with Gasteiger partial charge in [-0.1, -0.05) is 0 Å². The van der Waals surface area contributed by atoms with E-state index in [1.54, 1.807) is 0 Å². The number of urea groups is 1. The SMILES string of the molecule is O=C(NCC1CCCN1)C1CCN(C(=O)N2CCCC2)CC1. The van der Waals surface area contributed by atoms with Crippen molar-refractivity contribution < 1.29 is 9.59 Å². The molecule has 0 aromatic rings. The van der Waals surface area contributed by atoms with Crippen LogP contribution < -0.4 is 10.6 Å². The number of piperidine rings is 1. The van der Waals surface area contributed by atoms with Crippen LogP contribution in [-0.4, -0.2) is 67.0 Å². The lowest BCUT2D eigenvalue weighted by Gasteiger charge is -2.34. The number of nitrogens with one attached hydrogen (secondary N) is 2. The van der Waals surface area contributed by atoms with E-state index < -0.39 is 0 Å². The summed E-state index contributed by atoms with van der Waals surface area (Å²) >= 11 is 0. The number of carbonyl (C=O) groups excluding carboxylic acids is 2. The van der Waals surface area contributed by atoms with Gasteiger partial charge in [-0.25, -0.2) is 4.79 Å². The minimum absolute atomic E-state index is 0.0732. The summed E-state index contributed by atoms with van der Waals surface area (Å²) < 4.78 is 0. The van der Waals surface area contributed by atoms with Gasteiger partial charge in [0.1, 0.15) is 0 Å². The minimum atomic E-state index is 0.0732. The molecule has 3 saturated heterocycles. The average Bonchev–Trinajstić information content (AvgIpc) is 3.25. The Balaban J connectivity index is 1.38. The van der Waals surface area contributed by atoms with Gasteiger partial charge in [-0.15, -0.1) is 0 Å². The second-order valence-electron chi connectivity index (χ2n) is 6.78. The zero-order chi connectivity index (χ0) is 15.4. The van der Waals surface area contributed by atoms with Gasteiger partial charge in [-0.05, 0) is 45.1 Å². The first-order valence-corrected chi connectivity index (χ1v) is 8.79. The van der Waals surface area contributed by atoms with E-state index in [0.29, 0.717) is 6.04 Å². The third-order valence-corrected chi connectivity index (χ3v) is 5.20. The maximum Gasteiger partial charge on any atom is 0.319 e. The maximum absolute atomic E-state index is 12.3. The summed E-state index contributed by atoms with van der Waals surface area (Å²) in [4.78, 5) is 28.4. The average molecular weight is 308 g/mol. The van der Waals surface area contributed by atoms with Crippen molar-refractivity contribution in [3.8, 4) is 0 Å². The number of carbonyl (C=O) groups is 2. The fourth-order valence-corrected chi connectivity index (χ4v) is 3.74. The predicted octanol–water partition coefficient (Wildman–Crippen LogP) is 0.782. The molecule has 124 valence electrons. The summed E-state index contributed by atoms with van der Waals surface area (Å²) in [5, 5.41) is 6.47. The highest BCUT2D eigenvalue weighted by atomic mass is 16.2. The first-order valence-electron chi connectivity index (χ1n) is 8.79. The number of hydrogen-bond acceptors (Lipinski definition) is 3. The lowest BCUT2D eigenvalue weighted by Crippen LogP contribution is -2.48. The Morgan fingerprint density at radius 3 is 2.27 bits per heavy atom. The number of amides is 3. The molecule has 3 aliphatic rings. The highest BCUT2D eigenvalue weighted by molar-refractivity contribution is 5.79. The van der Waals surface area contributed by atoms with Gasteiger partial charge in [0.25, 0.3) is 0 Å². The van der Waals surface area contributed by atoms with Gasteiger partial charge in [0.05, 0.1) is 0 Å². The highest BCUT2D eigenvalue weighted by Gasteiger charge is 2.30. The lowest BCUT2D eigenvalue weighted by atomic mass is 9.96. The van der Waals surface area contributed by atoms with Crippen LogP contribution in [0, 0.1) is 5.92 Å². The molecule has 6 heteroatoms. The molecule has 3 heterocycles. The molecular formula is C16H28N4O2. The van der Waals surface area contributed by atoms with Crippen molar-refractivity contribution in [2.45, 2.75) is 44.6 Å². The summed E-state index contributed by atoms with van der Waals surface area (Å²) in [5.74, 6) is 0.242. The second kappa shape index (κ2) is 7.31. The van der Waals surface area contributed by atoms with E-state index in [9.17, 15) is 9.59 Å². The first kappa shape index (κ1) is 15.6. The highest BCUT2D eigenvalue weighted by Crippen LogP contribution is 2.20. The molecule has 0 aromatic heterocycles. The van der Waals surface area contributed by atoms with E-state index in [0.717, 1.165) is 71.4 Å². The van der Waals surface area contributed by atoms with Gasteiger partial charge >= 0.3 is 6.03 Å². The van der Waals surface area contributed by atoms with Crippen molar-refractivity contribution in [3.05, 3.63) is 0 Å². The number of likely N-dealkylation sites (tertiary alicyclic amines) is 2. The Labute approximate surface area is 132 Å². The summed E-state index contributed by atoms with van der Waals surface area (Å²) in [6, 6.07) is 0.618. The van der Waals surface area contributed by atoms with Crippen LogP contribution in [-0.2, 0) is 4.79 Å². The second-order valence-corrected chi connectivity index (χ2v) is 6.78. The van der Waals surface area contributed by atoms with Gasteiger partial charge in [0.15, 0.2) is 0 Å². The molecule has 3 amide bonds. The molecule has 0 aliphatic carbocycles. The van der Waals surface area contributed by atoms with Crippen molar-refractivity contribution >= 4 is 11.9 Å². The van der Waals surface area contributed by atoms with E-state index in [1.165, 1.54) is 6.42 Å². The molecule has 0 spiro atoms. The number of hydrogen-bond donors (Lipinski definition) is 2. The monoisotopic (exact) mass is 308 g/mol. The molecule has 3 aliphatic heterocycles. The van der Waals surface area contributed by atoms with Crippen LogP contribution in [0.4, 0.5) is 4.79 Å². The van der Waals surface area contributed by atoms with Crippen molar-refractivity contribution in [3.63, 3.8) is 0 Å². The van der Waals surface area contributed by atoms with E-state index in [-0.39, 0.29) is 17.9 Å². The van der Waals surface area contributed by atoms with Gasteiger partial charge in [-0.2, -0.15) is 0 Å². The summed E-state index contributed by atoms with van der Waals surface area (Å²) in [5.41, 5.74) is 0.